The minimum atomic E-state index is 0.288. The molecule has 1 rings (SSSR count). The SMILES string of the molecule is CCNC(C)c1cccnc1N(C)CCCCCO. The molecular weight excluding hydrogens is 238 g/mol. The topological polar surface area (TPSA) is 48.4 Å². The van der Waals surface area contributed by atoms with Crippen molar-refractivity contribution < 1.29 is 5.11 Å². The van der Waals surface area contributed by atoms with Gasteiger partial charge in [-0.3, -0.25) is 0 Å². The van der Waals surface area contributed by atoms with Crippen LogP contribution in [0.5, 0.6) is 0 Å². The number of aromatic nitrogens is 1. The largest absolute Gasteiger partial charge is 0.396 e. The summed E-state index contributed by atoms with van der Waals surface area (Å²) in [5.74, 6) is 1.06. The Morgan fingerprint density at radius 3 is 2.84 bits per heavy atom. The van der Waals surface area contributed by atoms with Crippen molar-refractivity contribution in [3.8, 4) is 0 Å². The van der Waals surface area contributed by atoms with E-state index in [2.05, 4.69) is 42.2 Å². The fraction of sp³-hybridized carbons (Fsp3) is 0.667. The Hall–Kier alpha value is -1.13. The van der Waals surface area contributed by atoms with Crippen molar-refractivity contribution in [3.05, 3.63) is 23.9 Å². The number of nitrogens with zero attached hydrogens (tertiary/aromatic N) is 2. The van der Waals surface area contributed by atoms with Crippen LogP contribution in [0.4, 0.5) is 5.82 Å². The van der Waals surface area contributed by atoms with Crippen molar-refractivity contribution in [3.63, 3.8) is 0 Å². The van der Waals surface area contributed by atoms with E-state index in [-0.39, 0.29) is 6.61 Å². The number of pyridine rings is 1. The fourth-order valence-corrected chi connectivity index (χ4v) is 2.23. The molecule has 0 radical (unpaired) electrons. The Morgan fingerprint density at radius 1 is 1.37 bits per heavy atom. The summed E-state index contributed by atoms with van der Waals surface area (Å²) in [5.41, 5.74) is 1.24. The molecule has 0 amide bonds. The molecule has 0 aromatic carbocycles. The van der Waals surface area contributed by atoms with Gasteiger partial charge in [0.1, 0.15) is 5.82 Å². The van der Waals surface area contributed by atoms with Gasteiger partial charge >= 0.3 is 0 Å². The molecule has 0 bridgehead atoms. The second-order valence-electron chi connectivity index (χ2n) is 4.90. The highest BCUT2D eigenvalue weighted by Gasteiger charge is 2.13. The molecule has 2 N–H and O–H groups in total. The number of anilines is 1. The number of aliphatic hydroxyl groups excluding tert-OH is 1. The van der Waals surface area contributed by atoms with Gasteiger partial charge in [-0.25, -0.2) is 4.98 Å². The Bertz CT molecular complexity index is 357. The molecule has 4 heteroatoms. The van der Waals surface area contributed by atoms with Crippen LogP contribution < -0.4 is 10.2 Å². The molecule has 4 nitrogen and oxygen atoms in total. The molecule has 1 aromatic rings. The molecule has 0 spiro atoms. The summed E-state index contributed by atoms with van der Waals surface area (Å²) >= 11 is 0. The predicted molar refractivity (Wildman–Crippen MR) is 80.5 cm³/mol. The molecule has 1 heterocycles. The summed E-state index contributed by atoms with van der Waals surface area (Å²) in [4.78, 5) is 6.73. The molecular formula is C15H27N3O. The first-order valence-electron chi connectivity index (χ1n) is 7.21. The quantitative estimate of drug-likeness (QED) is 0.673. The maximum absolute atomic E-state index is 8.79. The molecule has 0 fully saturated rings. The van der Waals surface area contributed by atoms with E-state index in [0.717, 1.165) is 38.2 Å². The van der Waals surface area contributed by atoms with Crippen LogP contribution in [-0.4, -0.2) is 36.8 Å². The van der Waals surface area contributed by atoms with Crippen molar-refractivity contribution >= 4 is 5.82 Å². The third-order valence-electron chi connectivity index (χ3n) is 3.31. The first kappa shape index (κ1) is 15.9. The summed E-state index contributed by atoms with van der Waals surface area (Å²) in [6, 6.07) is 4.44. The molecule has 1 atom stereocenters. The molecule has 1 aromatic heterocycles. The van der Waals surface area contributed by atoms with Crippen LogP contribution in [0.3, 0.4) is 0 Å². The van der Waals surface area contributed by atoms with Crippen LogP contribution in [0.25, 0.3) is 0 Å². The third kappa shape index (κ3) is 5.17. The highest BCUT2D eigenvalue weighted by Crippen LogP contribution is 2.23. The lowest BCUT2D eigenvalue weighted by Crippen LogP contribution is -2.25. The number of rotatable bonds is 9. The minimum Gasteiger partial charge on any atom is -0.396 e. The van der Waals surface area contributed by atoms with E-state index in [9.17, 15) is 0 Å². The lowest BCUT2D eigenvalue weighted by Gasteiger charge is -2.24. The first-order valence-corrected chi connectivity index (χ1v) is 7.21. The molecule has 0 aliphatic heterocycles. The summed E-state index contributed by atoms with van der Waals surface area (Å²) < 4.78 is 0. The number of aliphatic hydroxyl groups is 1. The zero-order valence-electron chi connectivity index (χ0n) is 12.4. The van der Waals surface area contributed by atoms with Gasteiger partial charge in [-0.05, 0) is 38.8 Å². The number of hydrogen-bond donors (Lipinski definition) is 2. The summed E-state index contributed by atoms with van der Waals surface area (Å²) in [6.07, 6.45) is 4.88. The van der Waals surface area contributed by atoms with Crippen molar-refractivity contribution in [2.24, 2.45) is 0 Å². The number of nitrogens with one attached hydrogen (secondary N) is 1. The van der Waals surface area contributed by atoms with Crippen LogP contribution in [-0.2, 0) is 0 Å². The second-order valence-corrected chi connectivity index (χ2v) is 4.90. The predicted octanol–water partition coefficient (Wildman–Crippen LogP) is 2.35. The van der Waals surface area contributed by atoms with E-state index >= 15 is 0 Å². The summed E-state index contributed by atoms with van der Waals surface area (Å²) in [6.45, 7) is 6.50. The van der Waals surface area contributed by atoms with E-state index in [0.29, 0.717) is 6.04 Å². The maximum atomic E-state index is 8.79. The van der Waals surface area contributed by atoms with Crippen LogP contribution in [0.2, 0.25) is 0 Å². The minimum absolute atomic E-state index is 0.288. The monoisotopic (exact) mass is 265 g/mol. The van der Waals surface area contributed by atoms with Gasteiger partial charge in [0.25, 0.3) is 0 Å². The van der Waals surface area contributed by atoms with E-state index in [4.69, 9.17) is 5.11 Å². The zero-order chi connectivity index (χ0) is 14.1. The van der Waals surface area contributed by atoms with Crippen LogP contribution in [0.15, 0.2) is 18.3 Å². The zero-order valence-corrected chi connectivity index (χ0v) is 12.4. The summed E-state index contributed by atoms with van der Waals surface area (Å²) in [7, 11) is 2.09. The van der Waals surface area contributed by atoms with Crippen LogP contribution >= 0.6 is 0 Å². The normalized spacial score (nSPS) is 12.4. The lowest BCUT2D eigenvalue weighted by molar-refractivity contribution is 0.283. The number of unbranched alkanes of at least 4 members (excludes halogenated alkanes) is 2. The smallest absolute Gasteiger partial charge is 0.133 e. The van der Waals surface area contributed by atoms with Crippen molar-refractivity contribution in [2.45, 2.75) is 39.2 Å². The molecule has 19 heavy (non-hydrogen) atoms. The van der Waals surface area contributed by atoms with Gasteiger partial charge < -0.3 is 15.3 Å². The molecule has 1 unspecified atom stereocenters. The highest BCUT2D eigenvalue weighted by atomic mass is 16.2. The van der Waals surface area contributed by atoms with E-state index in [1.54, 1.807) is 0 Å². The van der Waals surface area contributed by atoms with E-state index in [1.807, 2.05) is 12.3 Å². The van der Waals surface area contributed by atoms with Gasteiger partial charge in [-0.1, -0.05) is 13.0 Å². The lowest BCUT2D eigenvalue weighted by atomic mass is 10.1. The molecule has 108 valence electrons. The van der Waals surface area contributed by atoms with Crippen molar-refractivity contribution in [2.75, 3.05) is 31.6 Å². The standard InChI is InChI=1S/C15H27N3O/c1-4-16-13(2)14-9-8-10-17-15(14)18(3)11-6-5-7-12-19/h8-10,13,16,19H,4-7,11-12H2,1-3H3. The van der Waals surface area contributed by atoms with Gasteiger partial charge in [-0.15, -0.1) is 0 Å². The molecule has 0 saturated heterocycles. The third-order valence-corrected chi connectivity index (χ3v) is 3.31. The fourth-order valence-electron chi connectivity index (χ4n) is 2.23. The van der Waals surface area contributed by atoms with Gasteiger partial charge in [-0.2, -0.15) is 0 Å². The van der Waals surface area contributed by atoms with E-state index in [1.165, 1.54) is 5.56 Å². The average Bonchev–Trinajstić information content (AvgIpc) is 2.43. The molecule has 0 aliphatic rings. The Kier molecular flexibility index (Phi) is 7.45. The van der Waals surface area contributed by atoms with Crippen molar-refractivity contribution in [1.29, 1.82) is 0 Å². The first-order chi connectivity index (χ1) is 9.20. The Morgan fingerprint density at radius 2 is 2.16 bits per heavy atom. The van der Waals surface area contributed by atoms with Crippen LogP contribution in [0.1, 0.15) is 44.7 Å². The Labute approximate surface area is 116 Å². The second kappa shape index (κ2) is 8.88. The van der Waals surface area contributed by atoms with Gasteiger partial charge in [0.2, 0.25) is 0 Å². The van der Waals surface area contributed by atoms with Crippen LogP contribution in [0, 0.1) is 0 Å². The van der Waals surface area contributed by atoms with E-state index < -0.39 is 0 Å². The number of hydrogen-bond acceptors (Lipinski definition) is 4. The Balaban J connectivity index is 2.65. The van der Waals surface area contributed by atoms with Crippen molar-refractivity contribution in [1.82, 2.24) is 10.3 Å². The van der Waals surface area contributed by atoms with Gasteiger partial charge in [0.05, 0.1) is 0 Å². The van der Waals surface area contributed by atoms with Gasteiger partial charge in [0.15, 0.2) is 0 Å². The molecule has 0 aliphatic carbocycles. The maximum Gasteiger partial charge on any atom is 0.133 e. The molecule has 0 saturated carbocycles. The highest BCUT2D eigenvalue weighted by molar-refractivity contribution is 5.47. The summed E-state index contributed by atoms with van der Waals surface area (Å²) in [5, 5.41) is 12.2. The average molecular weight is 265 g/mol. The van der Waals surface area contributed by atoms with Gasteiger partial charge in [0, 0.05) is 38.0 Å².